The SMILES string of the molecule is CC(C)(CC(=O)N[C@@H]1CCN(c2ccc(F)c(Cl)c2)C1)C(=O)O. The molecule has 126 valence electrons. The van der Waals surface area contributed by atoms with Gasteiger partial charge in [-0.1, -0.05) is 11.6 Å². The number of hydrogen-bond acceptors (Lipinski definition) is 3. The van der Waals surface area contributed by atoms with E-state index in [9.17, 15) is 14.0 Å². The molecule has 1 aromatic carbocycles. The zero-order valence-electron chi connectivity index (χ0n) is 13.1. The van der Waals surface area contributed by atoms with E-state index in [1.54, 1.807) is 12.1 Å². The van der Waals surface area contributed by atoms with E-state index < -0.39 is 17.2 Å². The van der Waals surface area contributed by atoms with Crippen LogP contribution in [-0.4, -0.2) is 36.1 Å². The number of nitrogens with one attached hydrogen (secondary N) is 1. The van der Waals surface area contributed by atoms with E-state index in [2.05, 4.69) is 5.32 Å². The molecule has 5 nitrogen and oxygen atoms in total. The molecular weight excluding hydrogens is 323 g/mol. The number of hydrogen-bond donors (Lipinski definition) is 2. The molecule has 0 bridgehead atoms. The largest absolute Gasteiger partial charge is 0.481 e. The summed E-state index contributed by atoms with van der Waals surface area (Å²) in [5.74, 6) is -1.74. The van der Waals surface area contributed by atoms with E-state index in [0.717, 1.165) is 18.7 Å². The van der Waals surface area contributed by atoms with Gasteiger partial charge in [0.25, 0.3) is 0 Å². The van der Waals surface area contributed by atoms with E-state index in [1.165, 1.54) is 19.9 Å². The fraction of sp³-hybridized carbons (Fsp3) is 0.500. The molecule has 0 aromatic heterocycles. The van der Waals surface area contributed by atoms with Crippen LogP contribution in [-0.2, 0) is 9.59 Å². The zero-order valence-corrected chi connectivity index (χ0v) is 13.9. The molecule has 1 aromatic rings. The second-order valence-corrected chi connectivity index (χ2v) is 6.87. The summed E-state index contributed by atoms with van der Waals surface area (Å²) < 4.78 is 13.2. The number of amides is 1. The van der Waals surface area contributed by atoms with Gasteiger partial charge in [0.05, 0.1) is 10.4 Å². The highest BCUT2D eigenvalue weighted by Crippen LogP contribution is 2.26. The quantitative estimate of drug-likeness (QED) is 0.863. The van der Waals surface area contributed by atoms with Crippen molar-refractivity contribution in [2.45, 2.75) is 32.7 Å². The molecule has 0 spiro atoms. The maximum atomic E-state index is 13.2. The van der Waals surface area contributed by atoms with Crippen molar-refractivity contribution in [1.82, 2.24) is 5.32 Å². The van der Waals surface area contributed by atoms with Crippen LogP contribution in [0.15, 0.2) is 18.2 Å². The maximum absolute atomic E-state index is 13.2. The molecule has 1 fully saturated rings. The Kier molecular flexibility index (Phi) is 5.14. The number of carboxylic acid groups (broad SMARTS) is 1. The monoisotopic (exact) mass is 342 g/mol. The summed E-state index contributed by atoms with van der Waals surface area (Å²) in [5.41, 5.74) is -0.286. The smallest absolute Gasteiger partial charge is 0.309 e. The summed E-state index contributed by atoms with van der Waals surface area (Å²) in [6.07, 6.45) is 0.676. The van der Waals surface area contributed by atoms with Crippen molar-refractivity contribution >= 4 is 29.2 Å². The van der Waals surface area contributed by atoms with E-state index in [0.29, 0.717) is 6.54 Å². The molecule has 23 heavy (non-hydrogen) atoms. The minimum Gasteiger partial charge on any atom is -0.481 e. The standard InChI is InChI=1S/C16H20ClFN2O3/c1-16(2,15(22)23)8-14(21)19-10-5-6-20(9-10)11-3-4-13(18)12(17)7-11/h3-4,7,10H,5-6,8-9H2,1-2H3,(H,19,21)(H,22,23)/t10-/m1/s1. The zero-order chi connectivity index (χ0) is 17.2. The Morgan fingerprint density at radius 1 is 1.48 bits per heavy atom. The number of carbonyl (C=O) groups excluding carboxylic acids is 1. The molecular formula is C16H20ClFN2O3. The minimum absolute atomic E-state index is 0.0593. The van der Waals surface area contributed by atoms with Gasteiger partial charge in [0.2, 0.25) is 5.91 Å². The van der Waals surface area contributed by atoms with Crippen LogP contribution in [0.2, 0.25) is 5.02 Å². The second-order valence-electron chi connectivity index (χ2n) is 6.46. The Morgan fingerprint density at radius 3 is 2.78 bits per heavy atom. The Balaban J connectivity index is 1.91. The lowest BCUT2D eigenvalue weighted by atomic mass is 9.89. The van der Waals surface area contributed by atoms with Crippen LogP contribution in [0.25, 0.3) is 0 Å². The molecule has 0 aliphatic carbocycles. The molecule has 2 N–H and O–H groups in total. The Hall–Kier alpha value is -1.82. The molecule has 1 aliphatic rings. The van der Waals surface area contributed by atoms with E-state index >= 15 is 0 Å². The third-order valence-corrected chi connectivity index (χ3v) is 4.29. The molecule has 0 radical (unpaired) electrons. The molecule has 1 atom stereocenters. The maximum Gasteiger partial charge on any atom is 0.309 e. The van der Waals surface area contributed by atoms with Crippen LogP contribution in [0.3, 0.4) is 0 Å². The van der Waals surface area contributed by atoms with Crippen LogP contribution < -0.4 is 10.2 Å². The summed E-state index contributed by atoms with van der Waals surface area (Å²) in [4.78, 5) is 25.1. The van der Waals surface area contributed by atoms with E-state index in [-0.39, 0.29) is 23.4 Å². The average Bonchev–Trinajstić information content (AvgIpc) is 2.89. The van der Waals surface area contributed by atoms with Crippen LogP contribution in [0.4, 0.5) is 10.1 Å². The molecule has 1 saturated heterocycles. The van der Waals surface area contributed by atoms with Gasteiger partial charge in [-0.15, -0.1) is 0 Å². The number of rotatable bonds is 5. The molecule has 0 saturated carbocycles. The summed E-state index contributed by atoms with van der Waals surface area (Å²) >= 11 is 5.79. The van der Waals surface area contributed by atoms with Crippen molar-refractivity contribution in [3.63, 3.8) is 0 Å². The van der Waals surface area contributed by atoms with Crippen LogP contribution in [0.5, 0.6) is 0 Å². The van der Waals surface area contributed by atoms with Crippen molar-refractivity contribution in [3.05, 3.63) is 29.0 Å². The molecule has 1 heterocycles. The lowest BCUT2D eigenvalue weighted by molar-refractivity contribution is -0.149. The first-order chi connectivity index (χ1) is 10.7. The highest BCUT2D eigenvalue weighted by molar-refractivity contribution is 6.31. The van der Waals surface area contributed by atoms with Gasteiger partial charge in [0.1, 0.15) is 5.82 Å². The predicted molar refractivity (Wildman–Crippen MR) is 86.2 cm³/mol. The molecule has 2 rings (SSSR count). The first-order valence-corrected chi connectivity index (χ1v) is 7.79. The summed E-state index contributed by atoms with van der Waals surface area (Å²) in [6, 6.07) is 4.47. The summed E-state index contributed by atoms with van der Waals surface area (Å²) in [5, 5.41) is 12.0. The van der Waals surface area contributed by atoms with Gasteiger partial charge >= 0.3 is 5.97 Å². The number of anilines is 1. The number of nitrogens with zero attached hydrogens (tertiary/aromatic N) is 1. The average molecular weight is 343 g/mol. The molecule has 1 aliphatic heterocycles. The van der Waals surface area contributed by atoms with Crippen molar-refractivity contribution in [1.29, 1.82) is 0 Å². The lowest BCUT2D eigenvalue weighted by Gasteiger charge is -2.21. The van der Waals surface area contributed by atoms with Crippen LogP contribution in [0.1, 0.15) is 26.7 Å². The van der Waals surface area contributed by atoms with Gasteiger partial charge in [0, 0.05) is 31.2 Å². The third kappa shape index (κ3) is 4.34. The van der Waals surface area contributed by atoms with Gasteiger partial charge in [-0.2, -0.15) is 0 Å². The molecule has 1 amide bonds. The summed E-state index contributed by atoms with van der Waals surface area (Å²) in [6.45, 7) is 4.35. The Bertz CT molecular complexity index is 621. The first kappa shape index (κ1) is 17.5. The fourth-order valence-corrected chi connectivity index (χ4v) is 2.72. The lowest BCUT2D eigenvalue weighted by Crippen LogP contribution is -2.40. The Labute approximate surface area is 139 Å². The van der Waals surface area contributed by atoms with Gasteiger partial charge < -0.3 is 15.3 Å². The number of aliphatic carboxylic acids is 1. The fourth-order valence-electron chi connectivity index (χ4n) is 2.55. The van der Waals surface area contributed by atoms with Crippen molar-refractivity contribution in [2.24, 2.45) is 5.41 Å². The summed E-state index contributed by atoms with van der Waals surface area (Å²) in [7, 11) is 0. The number of carbonyl (C=O) groups is 2. The van der Waals surface area contributed by atoms with Gasteiger partial charge in [-0.3, -0.25) is 9.59 Å². The van der Waals surface area contributed by atoms with E-state index in [1.807, 2.05) is 4.90 Å². The van der Waals surface area contributed by atoms with E-state index in [4.69, 9.17) is 16.7 Å². The van der Waals surface area contributed by atoms with Crippen LogP contribution in [0, 0.1) is 11.2 Å². The van der Waals surface area contributed by atoms with Crippen molar-refractivity contribution in [3.8, 4) is 0 Å². The van der Waals surface area contributed by atoms with Gasteiger partial charge in [-0.25, -0.2) is 4.39 Å². The topological polar surface area (TPSA) is 69.6 Å². The van der Waals surface area contributed by atoms with Crippen molar-refractivity contribution in [2.75, 3.05) is 18.0 Å². The first-order valence-electron chi connectivity index (χ1n) is 7.42. The third-order valence-electron chi connectivity index (χ3n) is 4.00. The van der Waals surface area contributed by atoms with Gasteiger partial charge in [0.15, 0.2) is 0 Å². The highest BCUT2D eigenvalue weighted by Gasteiger charge is 2.32. The second kappa shape index (κ2) is 6.74. The molecule has 0 unspecified atom stereocenters. The van der Waals surface area contributed by atoms with Crippen molar-refractivity contribution < 1.29 is 19.1 Å². The number of benzene rings is 1. The van der Waals surface area contributed by atoms with Gasteiger partial charge in [-0.05, 0) is 38.5 Å². The highest BCUT2D eigenvalue weighted by atomic mass is 35.5. The number of carboxylic acids is 1. The normalized spacial score (nSPS) is 18.1. The van der Waals surface area contributed by atoms with Crippen LogP contribution >= 0.6 is 11.6 Å². The molecule has 7 heteroatoms. The predicted octanol–water partition coefficient (Wildman–Crippen LogP) is 2.67. The Morgan fingerprint density at radius 2 is 2.17 bits per heavy atom. The minimum atomic E-state index is -1.09. The number of halogens is 2.